The average molecular weight is 627 g/mol. The molecule has 4 aromatic rings. The standard InChI is InChI=1S/C31H23Cl2F2N3O3S/c1-18(29(39)37-21-12-15-27(35)25(33)16-21)42-22-13-10-20(11-14-22)36-31(41)28(17-23-24(32)8-5-9-26(23)34)38-30(40)19-6-3-2-4-7-19/h2-18H,1H3,(H,36,41)(H,37,39)(H,38,40)/b28-17-. The van der Waals surface area contributed by atoms with E-state index in [-0.39, 0.29) is 27.2 Å². The van der Waals surface area contributed by atoms with Gasteiger partial charge >= 0.3 is 0 Å². The number of hydrogen-bond donors (Lipinski definition) is 3. The van der Waals surface area contributed by atoms with Gasteiger partial charge < -0.3 is 16.0 Å². The van der Waals surface area contributed by atoms with Crippen LogP contribution in [-0.2, 0) is 9.59 Å². The molecule has 0 saturated carbocycles. The number of thioether (sulfide) groups is 1. The van der Waals surface area contributed by atoms with E-state index in [1.807, 2.05) is 0 Å². The first-order chi connectivity index (χ1) is 20.1. The maximum Gasteiger partial charge on any atom is 0.272 e. The van der Waals surface area contributed by atoms with E-state index in [4.69, 9.17) is 23.2 Å². The topological polar surface area (TPSA) is 87.3 Å². The lowest BCUT2D eigenvalue weighted by Gasteiger charge is -2.14. The van der Waals surface area contributed by atoms with E-state index >= 15 is 0 Å². The molecule has 1 unspecified atom stereocenters. The number of nitrogens with one attached hydrogen (secondary N) is 3. The molecule has 42 heavy (non-hydrogen) atoms. The van der Waals surface area contributed by atoms with E-state index in [1.54, 1.807) is 61.5 Å². The van der Waals surface area contributed by atoms with Crippen molar-refractivity contribution in [2.75, 3.05) is 10.6 Å². The average Bonchev–Trinajstić information content (AvgIpc) is 2.97. The van der Waals surface area contributed by atoms with Crippen molar-refractivity contribution < 1.29 is 23.2 Å². The molecule has 4 aromatic carbocycles. The second-order valence-corrected chi connectivity index (χ2v) is 11.1. The minimum Gasteiger partial charge on any atom is -0.325 e. The molecule has 4 rings (SSSR count). The molecule has 0 radical (unpaired) electrons. The number of benzene rings is 4. The number of carbonyl (C=O) groups excluding carboxylic acids is 3. The summed E-state index contributed by atoms with van der Waals surface area (Å²) in [5, 5.41) is 7.37. The SMILES string of the molecule is CC(Sc1ccc(NC(=O)/C(=C/c2c(F)cccc2Cl)NC(=O)c2ccccc2)cc1)C(=O)Nc1ccc(F)c(Cl)c1. The maximum atomic E-state index is 14.5. The third-order valence-electron chi connectivity index (χ3n) is 5.80. The van der Waals surface area contributed by atoms with E-state index in [0.29, 0.717) is 16.9 Å². The molecule has 11 heteroatoms. The van der Waals surface area contributed by atoms with E-state index in [2.05, 4.69) is 16.0 Å². The first-order valence-corrected chi connectivity index (χ1v) is 14.1. The van der Waals surface area contributed by atoms with Gasteiger partial charge in [-0.2, -0.15) is 0 Å². The monoisotopic (exact) mass is 625 g/mol. The first kappa shape index (κ1) is 30.8. The highest BCUT2D eigenvalue weighted by molar-refractivity contribution is 8.00. The Morgan fingerprint density at radius 3 is 2.14 bits per heavy atom. The third kappa shape index (κ3) is 8.19. The van der Waals surface area contributed by atoms with Crippen LogP contribution in [0.4, 0.5) is 20.2 Å². The van der Waals surface area contributed by atoms with Crippen LogP contribution in [0.3, 0.4) is 0 Å². The number of amides is 3. The van der Waals surface area contributed by atoms with Gasteiger partial charge in [-0.25, -0.2) is 8.78 Å². The Morgan fingerprint density at radius 2 is 1.48 bits per heavy atom. The molecule has 3 N–H and O–H groups in total. The highest BCUT2D eigenvalue weighted by Gasteiger charge is 2.18. The molecule has 214 valence electrons. The summed E-state index contributed by atoms with van der Waals surface area (Å²) >= 11 is 13.2. The molecule has 0 aromatic heterocycles. The van der Waals surface area contributed by atoms with Gasteiger partial charge in [0, 0.05) is 27.4 Å². The van der Waals surface area contributed by atoms with Crippen molar-refractivity contribution in [2.45, 2.75) is 17.1 Å². The van der Waals surface area contributed by atoms with Crippen LogP contribution in [0, 0.1) is 11.6 Å². The van der Waals surface area contributed by atoms with Crippen LogP contribution in [0.5, 0.6) is 0 Å². The van der Waals surface area contributed by atoms with Crippen molar-refractivity contribution in [3.8, 4) is 0 Å². The van der Waals surface area contributed by atoms with Crippen molar-refractivity contribution >= 4 is 70.1 Å². The van der Waals surface area contributed by atoms with E-state index in [9.17, 15) is 23.2 Å². The number of hydrogen-bond acceptors (Lipinski definition) is 4. The van der Waals surface area contributed by atoms with Crippen molar-refractivity contribution in [1.29, 1.82) is 0 Å². The molecule has 0 aliphatic heterocycles. The molecule has 0 bridgehead atoms. The minimum absolute atomic E-state index is 0.0559. The molecule has 0 aliphatic rings. The molecule has 0 spiro atoms. The zero-order valence-electron chi connectivity index (χ0n) is 22.0. The Balaban J connectivity index is 1.46. The molecule has 3 amide bonds. The summed E-state index contributed by atoms with van der Waals surface area (Å²) in [5.41, 5.74) is 0.789. The summed E-state index contributed by atoms with van der Waals surface area (Å²) in [4.78, 5) is 39.4. The summed E-state index contributed by atoms with van der Waals surface area (Å²) in [6, 6.07) is 22.9. The Hall–Kier alpha value is -4.18. The van der Waals surface area contributed by atoms with Gasteiger partial charge in [-0.3, -0.25) is 14.4 Å². The normalized spacial score (nSPS) is 11.9. The molecule has 0 saturated heterocycles. The molecule has 6 nitrogen and oxygen atoms in total. The van der Waals surface area contributed by atoms with Crippen LogP contribution in [0.15, 0.2) is 102 Å². The fourth-order valence-electron chi connectivity index (χ4n) is 3.63. The quantitative estimate of drug-likeness (QED) is 0.131. The number of anilines is 2. The lowest BCUT2D eigenvalue weighted by Crippen LogP contribution is -2.30. The molecule has 0 heterocycles. The largest absolute Gasteiger partial charge is 0.325 e. The van der Waals surface area contributed by atoms with Crippen LogP contribution in [0.1, 0.15) is 22.8 Å². The van der Waals surface area contributed by atoms with Gasteiger partial charge in [0.25, 0.3) is 11.8 Å². The van der Waals surface area contributed by atoms with Gasteiger partial charge in [-0.05, 0) is 79.7 Å². The zero-order valence-corrected chi connectivity index (χ0v) is 24.3. The van der Waals surface area contributed by atoms with Crippen molar-refractivity contribution in [3.63, 3.8) is 0 Å². The van der Waals surface area contributed by atoms with Gasteiger partial charge in [-0.15, -0.1) is 11.8 Å². The Morgan fingerprint density at radius 1 is 0.786 bits per heavy atom. The van der Waals surface area contributed by atoms with E-state index in [1.165, 1.54) is 54.2 Å². The Labute approximate surface area is 255 Å². The fourth-order valence-corrected chi connectivity index (χ4v) is 4.89. The van der Waals surface area contributed by atoms with Gasteiger partial charge in [0.2, 0.25) is 5.91 Å². The minimum atomic E-state index is -0.704. The fraction of sp³-hybridized carbons (Fsp3) is 0.0645. The first-order valence-electron chi connectivity index (χ1n) is 12.5. The second kappa shape index (κ2) is 14.1. The molecule has 1 atom stereocenters. The van der Waals surface area contributed by atoms with Crippen molar-refractivity contribution in [3.05, 3.63) is 129 Å². The Kier molecular flexibility index (Phi) is 10.4. The van der Waals surface area contributed by atoms with Crippen LogP contribution in [-0.4, -0.2) is 23.0 Å². The highest BCUT2D eigenvalue weighted by Crippen LogP contribution is 2.27. The summed E-state index contributed by atoms with van der Waals surface area (Å²) in [5.74, 6) is -2.82. The van der Waals surface area contributed by atoms with Gasteiger partial charge in [0.05, 0.1) is 15.3 Å². The van der Waals surface area contributed by atoms with Crippen LogP contribution < -0.4 is 16.0 Å². The smallest absolute Gasteiger partial charge is 0.272 e. The molecular formula is C31H23Cl2F2N3O3S. The molecular weight excluding hydrogens is 603 g/mol. The molecule has 0 fully saturated rings. The van der Waals surface area contributed by atoms with Crippen molar-refractivity contribution in [1.82, 2.24) is 5.32 Å². The zero-order chi connectivity index (χ0) is 30.2. The number of halogens is 4. The van der Waals surface area contributed by atoms with Crippen LogP contribution in [0.2, 0.25) is 10.0 Å². The van der Waals surface area contributed by atoms with Crippen LogP contribution in [0.25, 0.3) is 6.08 Å². The lowest BCUT2D eigenvalue weighted by molar-refractivity contribution is -0.115. The van der Waals surface area contributed by atoms with Gasteiger partial charge in [0.1, 0.15) is 17.3 Å². The predicted octanol–water partition coefficient (Wildman–Crippen LogP) is 7.80. The third-order valence-corrected chi connectivity index (χ3v) is 7.53. The van der Waals surface area contributed by atoms with Crippen molar-refractivity contribution in [2.24, 2.45) is 0 Å². The van der Waals surface area contributed by atoms with Gasteiger partial charge in [-0.1, -0.05) is 47.5 Å². The summed E-state index contributed by atoms with van der Waals surface area (Å²) in [7, 11) is 0. The van der Waals surface area contributed by atoms with E-state index in [0.717, 1.165) is 4.90 Å². The summed E-state index contributed by atoms with van der Waals surface area (Å²) in [6.45, 7) is 1.71. The predicted molar refractivity (Wildman–Crippen MR) is 164 cm³/mol. The summed E-state index contributed by atoms with van der Waals surface area (Å²) in [6.07, 6.45) is 1.17. The molecule has 0 aliphatic carbocycles. The van der Waals surface area contributed by atoms with Crippen LogP contribution >= 0.6 is 35.0 Å². The lowest BCUT2D eigenvalue weighted by atomic mass is 10.1. The second-order valence-electron chi connectivity index (χ2n) is 8.87. The van der Waals surface area contributed by atoms with Gasteiger partial charge in [0.15, 0.2) is 0 Å². The maximum absolute atomic E-state index is 14.5. The summed E-state index contributed by atoms with van der Waals surface area (Å²) < 4.78 is 27.9. The van der Waals surface area contributed by atoms with E-state index < -0.39 is 28.7 Å². The number of carbonyl (C=O) groups is 3. The Bertz CT molecular complexity index is 1630. The number of rotatable bonds is 9. The highest BCUT2D eigenvalue weighted by atomic mass is 35.5.